The lowest BCUT2D eigenvalue weighted by molar-refractivity contribution is -0.137. The van der Waals surface area contributed by atoms with Crippen LogP contribution in [-0.4, -0.2) is 22.4 Å². The first-order valence-electron chi connectivity index (χ1n) is 8.51. The van der Waals surface area contributed by atoms with Gasteiger partial charge in [0.25, 0.3) is 0 Å². The summed E-state index contributed by atoms with van der Waals surface area (Å²) in [6.07, 6.45) is 2.00. The number of nitrogens with one attached hydrogen (secondary N) is 2. The molecule has 0 amide bonds. The number of aromatic nitrogens is 1. The van der Waals surface area contributed by atoms with E-state index in [1.807, 2.05) is 54.6 Å². The van der Waals surface area contributed by atoms with E-state index in [0.29, 0.717) is 12.0 Å². The van der Waals surface area contributed by atoms with Crippen LogP contribution in [0.3, 0.4) is 0 Å². The predicted octanol–water partition coefficient (Wildman–Crippen LogP) is 4.14. The third kappa shape index (κ3) is 3.57. The van der Waals surface area contributed by atoms with Crippen molar-refractivity contribution in [2.75, 3.05) is 0 Å². The zero-order chi connectivity index (χ0) is 18.5. The van der Waals surface area contributed by atoms with Crippen molar-refractivity contribution in [3.8, 4) is 0 Å². The van der Waals surface area contributed by atoms with Crippen LogP contribution >= 0.6 is 0 Å². The molecule has 2 aromatic carbocycles. The number of carbonyl (C=O) groups excluding carboxylic acids is 2. The second-order valence-electron chi connectivity index (χ2n) is 6.05. The van der Waals surface area contributed by atoms with Gasteiger partial charge < -0.3 is 9.72 Å². The van der Waals surface area contributed by atoms with Crippen LogP contribution in [0.25, 0.3) is 10.9 Å². The second-order valence-corrected chi connectivity index (χ2v) is 6.05. The highest BCUT2D eigenvalue weighted by Gasteiger charge is 2.29. The zero-order valence-corrected chi connectivity index (χ0v) is 14.5. The molecule has 2 N–H and O–H groups in total. The molecule has 5 heteroatoms. The number of rotatable bonds is 7. The minimum Gasteiger partial charge on any atom is -0.456 e. The molecule has 0 aliphatic carbocycles. The fraction of sp³-hybridized carbons (Fsp3) is 0.190. The Kier molecular flexibility index (Phi) is 5.27. The smallest absolute Gasteiger partial charge is 0.353 e. The third-order valence-electron chi connectivity index (χ3n) is 4.36. The van der Waals surface area contributed by atoms with E-state index in [0.717, 1.165) is 16.5 Å². The van der Waals surface area contributed by atoms with Crippen molar-refractivity contribution in [3.63, 3.8) is 0 Å². The van der Waals surface area contributed by atoms with E-state index in [4.69, 9.17) is 10.1 Å². The van der Waals surface area contributed by atoms with Crippen LogP contribution in [0.15, 0.2) is 60.8 Å². The average molecular weight is 348 g/mol. The second kappa shape index (κ2) is 7.78. The Morgan fingerprint density at radius 1 is 1.08 bits per heavy atom. The van der Waals surface area contributed by atoms with Crippen molar-refractivity contribution in [1.82, 2.24) is 4.98 Å². The van der Waals surface area contributed by atoms with Gasteiger partial charge in [0.15, 0.2) is 5.78 Å². The number of para-hydroxylation sites is 1. The summed E-state index contributed by atoms with van der Waals surface area (Å²) in [6.45, 7) is 1.87. The first-order valence-corrected chi connectivity index (χ1v) is 8.51. The molecule has 132 valence electrons. The Hall–Kier alpha value is -3.21. The van der Waals surface area contributed by atoms with Crippen molar-refractivity contribution in [1.29, 1.82) is 5.41 Å². The highest BCUT2D eigenvalue weighted by Crippen LogP contribution is 2.23. The number of H-pyrrole nitrogens is 1. The van der Waals surface area contributed by atoms with Gasteiger partial charge in [-0.3, -0.25) is 10.2 Å². The van der Waals surface area contributed by atoms with E-state index in [1.165, 1.54) is 0 Å². The number of carbonyl (C=O) groups is 2. The van der Waals surface area contributed by atoms with E-state index < -0.39 is 11.9 Å². The standard InChI is InChI=1S/C21H20N2O3/c1-2-15(19(22)21(25)26-13-14-8-4-3-5-9-14)20(24)17-12-23-18-11-7-6-10-16(17)18/h3-12,15,22-23H,2,13H2,1H3/t15-/m0/s1. The van der Waals surface area contributed by atoms with Gasteiger partial charge in [0.1, 0.15) is 12.3 Å². The molecule has 0 saturated carbocycles. The summed E-state index contributed by atoms with van der Waals surface area (Å²) in [5, 5.41) is 8.95. The Morgan fingerprint density at radius 2 is 1.77 bits per heavy atom. The highest BCUT2D eigenvalue weighted by molar-refractivity contribution is 6.41. The van der Waals surface area contributed by atoms with Gasteiger partial charge in [-0.15, -0.1) is 0 Å². The van der Waals surface area contributed by atoms with Crippen LogP contribution in [0.1, 0.15) is 29.3 Å². The highest BCUT2D eigenvalue weighted by atomic mass is 16.5. The van der Waals surface area contributed by atoms with Crippen molar-refractivity contribution in [3.05, 3.63) is 71.9 Å². The van der Waals surface area contributed by atoms with E-state index in [2.05, 4.69) is 4.98 Å². The SMILES string of the molecule is CC[C@@H](C(=N)C(=O)OCc1ccccc1)C(=O)c1c[nH]c2ccccc12. The van der Waals surface area contributed by atoms with Crippen LogP contribution in [-0.2, 0) is 16.1 Å². The summed E-state index contributed by atoms with van der Waals surface area (Å²) in [5.74, 6) is -1.82. The number of ketones is 1. The summed E-state index contributed by atoms with van der Waals surface area (Å²) >= 11 is 0. The molecule has 1 atom stereocenters. The normalized spacial score (nSPS) is 11.9. The number of benzene rings is 2. The molecule has 0 spiro atoms. The molecule has 0 unspecified atom stereocenters. The Bertz CT molecular complexity index is 944. The maximum atomic E-state index is 12.9. The summed E-state index contributed by atoms with van der Waals surface area (Å²) in [7, 11) is 0. The molecular formula is C21H20N2O3. The van der Waals surface area contributed by atoms with Crippen molar-refractivity contribution >= 4 is 28.4 Å². The van der Waals surface area contributed by atoms with Crippen molar-refractivity contribution in [2.45, 2.75) is 20.0 Å². The van der Waals surface area contributed by atoms with Gasteiger partial charge in [0, 0.05) is 22.7 Å². The van der Waals surface area contributed by atoms with E-state index in [1.54, 1.807) is 13.1 Å². The zero-order valence-electron chi connectivity index (χ0n) is 14.5. The van der Waals surface area contributed by atoms with Crippen molar-refractivity contribution in [2.24, 2.45) is 5.92 Å². The molecule has 1 aromatic heterocycles. The molecule has 0 fully saturated rings. The first-order chi connectivity index (χ1) is 12.6. The van der Waals surface area contributed by atoms with Gasteiger partial charge in [-0.2, -0.15) is 0 Å². The topological polar surface area (TPSA) is 83.0 Å². The van der Waals surface area contributed by atoms with Crippen molar-refractivity contribution < 1.29 is 14.3 Å². The van der Waals surface area contributed by atoms with Crippen LogP contribution < -0.4 is 0 Å². The van der Waals surface area contributed by atoms with E-state index in [9.17, 15) is 9.59 Å². The minimum absolute atomic E-state index is 0.0831. The van der Waals surface area contributed by atoms with Gasteiger partial charge in [0.2, 0.25) is 0 Å². The number of hydrogen-bond acceptors (Lipinski definition) is 4. The Morgan fingerprint density at radius 3 is 2.50 bits per heavy atom. The van der Waals surface area contributed by atoms with E-state index in [-0.39, 0.29) is 18.1 Å². The van der Waals surface area contributed by atoms with Crippen LogP contribution in [0, 0.1) is 11.3 Å². The molecule has 3 aromatic rings. The third-order valence-corrected chi connectivity index (χ3v) is 4.36. The number of fused-ring (bicyclic) bond motifs is 1. The molecule has 3 rings (SSSR count). The van der Waals surface area contributed by atoms with Gasteiger partial charge in [-0.25, -0.2) is 4.79 Å². The Balaban J connectivity index is 1.73. The number of esters is 1. The lowest BCUT2D eigenvalue weighted by atomic mass is 9.90. The van der Waals surface area contributed by atoms with E-state index >= 15 is 0 Å². The van der Waals surface area contributed by atoms with Crippen LogP contribution in [0.2, 0.25) is 0 Å². The number of hydrogen-bond donors (Lipinski definition) is 2. The number of Topliss-reactive ketones (excluding diaryl/α,β-unsaturated/α-hetero) is 1. The molecule has 0 radical (unpaired) electrons. The molecule has 5 nitrogen and oxygen atoms in total. The number of ether oxygens (including phenoxy) is 1. The lowest BCUT2D eigenvalue weighted by Gasteiger charge is -2.14. The maximum absolute atomic E-state index is 12.9. The van der Waals surface area contributed by atoms with Gasteiger partial charge >= 0.3 is 5.97 Å². The molecule has 0 aliphatic heterocycles. The van der Waals surface area contributed by atoms with Gasteiger partial charge in [0.05, 0.1) is 5.92 Å². The monoisotopic (exact) mass is 348 g/mol. The van der Waals surface area contributed by atoms with Crippen LogP contribution in [0.5, 0.6) is 0 Å². The summed E-state index contributed by atoms with van der Waals surface area (Å²) < 4.78 is 5.20. The minimum atomic E-state index is -0.822. The first kappa shape index (κ1) is 17.6. The predicted molar refractivity (Wildman–Crippen MR) is 100 cm³/mol. The molecule has 26 heavy (non-hydrogen) atoms. The largest absolute Gasteiger partial charge is 0.456 e. The summed E-state index contributed by atoms with van der Waals surface area (Å²) in [6, 6.07) is 16.7. The molecule has 0 aliphatic rings. The average Bonchev–Trinajstić information content (AvgIpc) is 3.11. The molecule has 1 heterocycles. The quantitative estimate of drug-likeness (QED) is 0.382. The fourth-order valence-electron chi connectivity index (χ4n) is 2.93. The summed E-state index contributed by atoms with van der Waals surface area (Å²) in [5.41, 5.74) is 1.88. The summed E-state index contributed by atoms with van der Waals surface area (Å²) in [4.78, 5) is 28.2. The molecule has 0 saturated heterocycles. The van der Waals surface area contributed by atoms with Gasteiger partial charge in [-0.05, 0) is 18.1 Å². The molecule has 0 bridgehead atoms. The molecular weight excluding hydrogens is 328 g/mol. The number of aromatic amines is 1. The fourth-order valence-corrected chi connectivity index (χ4v) is 2.93. The maximum Gasteiger partial charge on any atom is 0.353 e. The van der Waals surface area contributed by atoms with Crippen LogP contribution in [0.4, 0.5) is 0 Å². The Labute approximate surface area is 151 Å². The van der Waals surface area contributed by atoms with Gasteiger partial charge in [-0.1, -0.05) is 55.5 Å². The lowest BCUT2D eigenvalue weighted by Crippen LogP contribution is -2.30.